The molecule has 0 saturated heterocycles. The Morgan fingerprint density at radius 2 is 1.88 bits per heavy atom. The summed E-state index contributed by atoms with van der Waals surface area (Å²) in [5.74, 6) is -0.272. The molecule has 0 bridgehead atoms. The predicted octanol–water partition coefficient (Wildman–Crippen LogP) is 3.46. The molecule has 1 N–H and O–H groups in total. The van der Waals surface area contributed by atoms with E-state index in [1.54, 1.807) is 25.2 Å². The molecule has 0 fully saturated rings. The highest BCUT2D eigenvalue weighted by molar-refractivity contribution is 9.10. The van der Waals surface area contributed by atoms with Gasteiger partial charge in [-0.25, -0.2) is 4.79 Å². The molecule has 2 aromatic rings. The lowest BCUT2D eigenvalue weighted by molar-refractivity contribution is -0.120. The predicted molar refractivity (Wildman–Crippen MR) is 96.7 cm³/mol. The van der Waals surface area contributed by atoms with E-state index in [-0.39, 0.29) is 5.78 Å². The monoisotopic (exact) mass is 401 g/mol. The molecule has 0 radical (unpaired) electrons. The second-order valence-electron chi connectivity index (χ2n) is 5.39. The topological polar surface area (TPSA) is 64.6 Å². The molecule has 1 heterocycles. The molecule has 0 aliphatic carbocycles. The molecule has 1 atom stereocenters. The summed E-state index contributed by atoms with van der Waals surface area (Å²) in [7, 11) is 3.00. The van der Waals surface area contributed by atoms with E-state index in [1.165, 1.54) is 7.11 Å². The number of hydrogen-bond donors (Lipinski definition) is 1. The van der Waals surface area contributed by atoms with Crippen molar-refractivity contribution in [2.24, 2.45) is 0 Å². The summed E-state index contributed by atoms with van der Waals surface area (Å²) < 4.78 is 11.1. The van der Waals surface area contributed by atoms with Crippen LogP contribution in [0.5, 0.6) is 0 Å². The molecular weight excluding hydrogens is 386 g/mol. The largest absolute Gasteiger partial charge is 0.465 e. The van der Waals surface area contributed by atoms with Gasteiger partial charge in [-0.3, -0.25) is 4.79 Å². The van der Waals surface area contributed by atoms with Crippen LogP contribution in [0.2, 0.25) is 0 Å². The zero-order valence-corrected chi connectivity index (χ0v) is 15.3. The molecule has 6 heteroatoms. The van der Waals surface area contributed by atoms with Gasteiger partial charge >= 0.3 is 5.97 Å². The fourth-order valence-electron chi connectivity index (χ4n) is 2.75. The fraction of sp³-hybridized carbons (Fsp3) is 0.158. The van der Waals surface area contributed by atoms with Crippen molar-refractivity contribution in [3.8, 4) is 0 Å². The summed E-state index contributed by atoms with van der Waals surface area (Å²) in [6.07, 6.45) is -0.715. The van der Waals surface area contributed by atoms with Crippen LogP contribution in [0, 0.1) is 0 Å². The maximum atomic E-state index is 13.0. The Labute approximate surface area is 153 Å². The first-order valence-corrected chi connectivity index (χ1v) is 8.42. The maximum absolute atomic E-state index is 13.0. The number of methoxy groups -OCH3 is 1. The van der Waals surface area contributed by atoms with Crippen molar-refractivity contribution in [3.05, 3.63) is 75.6 Å². The standard InChI is InChI=1S/C19H16BrNO4/c1-21-18-14(12-9-6-10-13(15(12)20)19(23)24-2)16(22)17(25-18)11-7-4-3-5-8-11/h3-10,17,21H,1-2H3. The first-order valence-electron chi connectivity index (χ1n) is 7.63. The summed E-state index contributed by atoms with van der Waals surface area (Å²) in [6, 6.07) is 14.4. The Hall–Kier alpha value is -2.60. The van der Waals surface area contributed by atoms with Crippen LogP contribution >= 0.6 is 15.9 Å². The summed E-state index contributed by atoms with van der Waals surface area (Å²) in [4.78, 5) is 24.9. The molecule has 0 saturated carbocycles. The highest BCUT2D eigenvalue weighted by Gasteiger charge is 2.38. The Bertz CT molecular complexity index is 861. The second kappa shape index (κ2) is 7.11. The zero-order valence-electron chi connectivity index (χ0n) is 13.7. The lowest BCUT2D eigenvalue weighted by Gasteiger charge is -2.11. The molecule has 2 aromatic carbocycles. The highest BCUT2D eigenvalue weighted by Crippen LogP contribution is 2.40. The van der Waals surface area contributed by atoms with Crippen LogP contribution in [0.25, 0.3) is 5.57 Å². The van der Waals surface area contributed by atoms with Crippen LogP contribution in [-0.2, 0) is 14.3 Å². The number of nitrogens with one attached hydrogen (secondary N) is 1. The van der Waals surface area contributed by atoms with Gasteiger partial charge in [-0.15, -0.1) is 0 Å². The molecule has 1 aliphatic heterocycles. The van der Waals surface area contributed by atoms with Gasteiger partial charge in [0.2, 0.25) is 5.78 Å². The molecule has 0 aromatic heterocycles. The van der Waals surface area contributed by atoms with Crippen LogP contribution in [0.1, 0.15) is 27.6 Å². The van der Waals surface area contributed by atoms with Gasteiger partial charge in [0.25, 0.3) is 0 Å². The highest BCUT2D eigenvalue weighted by atomic mass is 79.9. The summed E-state index contributed by atoms with van der Waals surface area (Å²) >= 11 is 3.42. The molecule has 0 spiro atoms. The molecular formula is C19H16BrNO4. The third-order valence-electron chi connectivity index (χ3n) is 3.95. The molecule has 5 nitrogen and oxygen atoms in total. The number of esters is 1. The number of rotatable bonds is 4. The van der Waals surface area contributed by atoms with E-state index in [0.29, 0.717) is 27.1 Å². The van der Waals surface area contributed by atoms with Gasteiger partial charge in [0.15, 0.2) is 12.0 Å². The Balaban J connectivity index is 2.07. The van der Waals surface area contributed by atoms with Gasteiger partial charge in [-0.2, -0.15) is 0 Å². The van der Waals surface area contributed by atoms with Gasteiger partial charge < -0.3 is 14.8 Å². The number of benzene rings is 2. The van der Waals surface area contributed by atoms with Crippen molar-refractivity contribution in [1.82, 2.24) is 5.32 Å². The quantitative estimate of drug-likeness (QED) is 0.794. The minimum absolute atomic E-state index is 0.168. The average Bonchev–Trinajstić information content (AvgIpc) is 2.98. The molecule has 128 valence electrons. The van der Waals surface area contributed by atoms with E-state index in [0.717, 1.165) is 5.56 Å². The van der Waals surface area contributed by atoms with Crippen molar-refractivity contribution in [2.75, 3.05) is 14.2 Å². The van der Waals surface area contributed by atoms with E-state index in [1.807, 2.05) is 30.3 Å². The van der Waals surface area contributed by atoms with Crippen molar-refractivity contribution in [3.63, 3.8) is 0 Å². The number of ether oxygens (including phenoxy) is 2. The third-order valence-corrected chi connectivity index (χ3v) is 4.80. The minimum Gasteiger partial charge on any atom is -0.465 e. The first kappa shape index (κ1) is 17.2. The SMILES string of the molecule is CNC1=C(c2cccc(C(=O)OC)c2Br)C(=O)C(c2ccccc2)O1. The van der Waals surface area contributed by atoms with Crippen molar-refractivity contribution >= 4 is 33.3 Å². The number of halogens is 1. The average molecular weight is 402 g/mol. The fourth-order valence-corrected chi connectivity index (χ4v) is 3.38. The van der Waals surface area contributed by atoms with E-state index in [4.69, 9.17) is 9.47 Å². The summed E-state index contributed by atoms with van der Waals surface area (Å²) in [5.41, 5.74) is 2.10. The van der Waals surface area contributed by atoms with Crippen molar-refractivity contribution < 1.29 is 19.1 Å². The normalized spacial score (nSPS) is 16.6. The van der Waals surface area contributed by atoms with Gasteiger partial charge in [-0.1, -0.05) is 42.5 Å². The van der Waals surface area contributed by atoms with E-state index in [9.17, 15) is 9.59 Å². The lowest BCUT2D eigenvalue weighted by Crippen LogP contribution is -2.10. The number of hydrogen-bond acceptors (Lipinski definition) is 5. The van der Waals surface area contributed by atoms with Crippen molar-refractivity contribution in [2.45, 2.75) is 6.10 Å². The van der Waals surface area contributed by atoms with Gasteiger partial charge in [0.1, 0.15) is 0 Å². The Morgan fingerprint density at radius 1 is 1.16 bits per heavy atom. The molecule has 25 heavy (non-hydrogen) atoms. The van der Waals surface area contributed by atoms with Crippen LogP contribution in [-0.4, -0.2) is 25.9 Å². The number of carbonyl (C=O) groups excluding carboxylic acids is 2. The molecule has 1 unspecified atom stereocenters. The van der Waals surface area contributed by atoms with E-state index >= 15 is 0 Å². The zero-order chi connectivity index (χ0) is 18.0. The van der Waals surface area contributed by atoms with E-state index in [2.05, 4.69) is 21.2 Å². The maximum Gasteiger partial charge on any atom is 0.339 e. The van der Waals surface area contributed by atoms with Gasteiger partial charge in [0, 0.05) is 22.6 Å². The summed E-state index contributed by atoms with van der Waals surface area (Å²) in [5, 5.41) is 2.93. The molecule has 3 rings (SSSR count). The lowest BCUT2D eigenvalue weighted by atomic mass is 9.96. The summed E-state index contributed by atoms with van der Waals surface area (Å²) in [6.45, 7) is 0. The first-order chi connectivity index (χ1) is 12.1. The smallest absolute Gasteiger partial charge is 0.339 e. The van der Waals surface area contributed by atoms with Crippen LogP contribution in [0.3, 0.4) is 0 Å². The van der Waals surface area contributed by atoms with Crippen LogP contribution < -0.4 is 5.32 Å². The number of ketones is 1. The van der Waals surface area contributed by atoms with Gasteiger partial charge in [0.05, 0.1) is 18.2 Å². The molecule has 0 amide bonds. The second-order valence-corrected chi connectivity index (χ2v) is 6.18. The third kappa shape index (κ3) is 3.05. The van der Waals surface area contributed by atoms with Gasteiger partial charge in [-0.05, 0) is 22.0 Å². The number of carbonyl (C=O) groups is 2. The Kier molecular flexibility index (Phi) is 4.90. The number of Topliss-reactive ketones (excluding diaryl/α,β-unsaturated/α-hetero) is 1. The Morgan fingerprint density at radius 3 is 2.52 bits per heavy atom. The van der Waals surface area contributed by atoms with Crippen LogP contribution in [0.15, 0.2) is 58.9 Å². The minimum atomic E-state index is -0.715. The van der Waals surface area contributed by atoms with Crippen LogP contribution in [0.4, 0.5) is 0 Å². The van der Waals surface area contributed by atoms with Crippen molar-refractivity contribution in [1.29, 1.82) is 0 Å². The molecule has 1 aliphatic rings. The van der Waals surface area contributed by atoms with E-state index < -0.39 is 12.1 Å².